The van der Waals surface area contributed by atoms with Gasteiger partial charge in [-0.3, -0.25) is 25.3 Å². The molecule has 0 spiro atoms. The van der Waals surface area contributed by atoms with Crippen LogP contribution in [0, 0.1) is 12.3 Å². The lowest BCUT2D eigenvalue weighted by atomic mass is 10.0. The highest BCUT2D eigenvalue weighted by atomic mass is 16.5. The summed E-state index contributed by atoms with van der Waals surface area (Å²) in [5.74, 6) is 2.57. The molecule has 2 N–H and O–H groups in total. The molecule has 156 valence electrons. The molecule has 1 unspecified atom stereocenters. The van der Waals surface area contributed by atoms with Crippen molar-refractivity contribution in [3.63, 3.8) is 0 Å². The molecule has 1 aliphatic rings. The van der Waals surface area contributed by atoms with Crippen LogP contribution in [0.5, 0.6) is 5.75 Å². The molecule has 0 aliphatic carbocycles. The van der Waals surface area contributed by atoms with E-state index in [0.29, 0.717) is 18.7 Å². The highest BCUT2D eigenvalue weighted by molar-refractivity contribution is 5.85. The van der Waals surface area contributed by atoms with Gasteiger partial charge in [0, 0.05) is 6.42 Å². The minimum atomic E-state index is -0.419. The van der Waals surface area contributed by atoms with E-state index >= 15 is 0 Å². The first-order valence-corrected chi connectivity index (χ1v) is 10.2. The lowest BCUT2D eigenvalue weighted by Gasteiger charge is -2.33. The normalized spacial score (nSPS) is 16.3. The fourth-order valence-electron chi connectivity index (χ4n) is 3.59. The maximum atomic E-state index is 12.4. The lowest BCUT2D eigenvalue weighted by molar-refractivity contribution is -0.133. The Labute approximate surface area is 177 Å². The second-order valence-corrected chi connectivity index (χ2v) is 7.28. The van der Waals surface area contributed by atoms with Gasteiger partial charge in [0.1, 0.15) is 5.75 Å². The molecule has 0 saturated carbocycles. The number of ether oxygens (including phenoxy) is 1. The van der Waals surface area contributed by atoms with Crippen molar-refractivity contribution in [2.75, 3.05) is 19.7 Å². The number of carbonyl (C=O) groups excluding carboxylic acids is 2. The van der Waals surface area contributed by atoms with Crippen molar-refractivity contribution in [2.24, 2.45) is 0 Å². The van der Waals surface area contributed by atoms with E-state index in [4.69, 9.17) is 11.2 Å². The van der Waals surface area contributed by atoms with E-state index in [1.165, 1.54) is 0 Å². The molecule has 2 aromatic carbocycles. The topological polar surface area (TPSA) is 70.7 Å². The van der Waals surface area contributed by atoms with Gasteiger partial charge in [0.05, 0.1) is 12.6 Å². The molecule has 3 rings (SSSR count). The van der Waals surface area contributed by atoms with Gasteiger partial charge in [-0.05, 0) is 36.6 Å². The molecule has 0 radical (unpaired) electrons. The number of benzene rings is 2. The zero-order chi connectivity index (χ0) is 21.2. The van der Waals surface area contributed by atoms with Crippen LogP contribution >= 0.6 is 0 Å². The molecule has 1 saturated heterocycles. The van der Waals surface area contributed by atoms with Crippen LogP contribution in [0.25, 0.3) is 0 Å². The summed E-state index contributed by atoms with van der Waals surface area (Å²) in [4.78, 5) is 26.6. The van der Waals surface area contributed by atoms with Crippen LogP contribution in [0.1, 0.15) is 30.4 Å². The zero-order valence-corrected chi connectivity index (χ0v) is 17.0. The van der Waals surface area contributed by atoms with Crippen molar-refractivity contribution in [1.82, 2.24) is 15.8 Å². The van der Waals surface area contributed by atoms with Crippen molar-refractivity contribution in [3.8, 4) is 18.1 Å². The van der Waals surface area contributed by atoms with Gasteiger partial charge in [0.2, 0.25) is 0 Å². The number of carbonyl (C=O) groups is 2. The van der Waals surface area contributed by atoms with Crippen LogP contribution in [0.2, 0.25) is 0 Å². The van der Waals surface area contributed by atoms with E-state index in [9.17, 15) is 9.59 Å². The quantitative estimate of drug-likeness (QED) is 0.548. The summed E-state index contributed by atoms with van der Waals surface area (Å²) in [5, 5.41) is 0. The fourth-order valence-corrected chi connectivity index (χ4v) is 3.59. The molecule has 6 heteroatoms. The third-order valence-electron chi connectivity index (χ3n) is 5.10. The molecule has 1 heterocycles. The number of terminal acetylenes is 1. The van der Waals surface area contributed by atoms with Crippen LogP contribution in [-0.4, -0.2) is 42.5 Å². The SMILES string of the molecule is C#CCN1CCCCC1C(=O)NNC(=O)COc1ccccc1Cc1ccccc1. The summed E-state index contributed by atoms with van der Waals surface area (Å²) in [5.41, 5.74) is 7.10. The number of nitrogens with zero attached hydrogens (tertiary/aromatic N) is 1. The van der Waals surface area contributed by atoms with Gasteiger partial charge in [-0.1, -0.05) is 60.9 Å². The van der Waals surface area contributed by atoms with E-state index < -0.39 is 5.91 Å². The predicted molar refractivity (Wildman–Crippen MR) is 116 cm³/mol. The lowest BCUT2D eigenvalue weighted by Crippen LogP contribution is -2.54. The molecule has 1 atom stereocenters. The van der Waals surface area contributed by atoms with Crippen LogP contribution in [-0.2, 0) is 16.0 Å². The molecule has 30 heavy (non-hydrogen) atoms. The van der Waals surface area contributed by atoms with Gasteiger partial charge >= 0.3 is 0 Å². The Morgan fingerprint density at radius 1 is 1.07 bits per heavy atom. The van der Waals surface area contributed by atoms with Crippen LogP contribution in [0.15, 0.2) is 54.6 Å². The Balaban J connectivity index is 1.49. The van der Waals surface area contributed by atoms with Gasteiger partial charge in [0.15, 0.2) is 6.61 Å². The number of hydrogen-bond acceptors (Lipinski definition) is 4. The third kappa shape index (κ3) is 6.10. The largest absolute Gasteiger partial charge is 0.483 e. The Morgan fingerprint density at radius 2 is 1.83 bits per heavy atom. The van der Waals surface area contributed by atoms with Crippen molar-refractivity contribution in [2.45, 2.75) is 31.7 Å². The molecule has 0 bridgehead atoms. The zero-order valence-electron chi connectivity index (χ0n) is 17.0. The average molecular weight is 405 g/mol. The van der Waals surface area contributed by atoms with E-state index in [0.717, 1.165) is 36.9 Å². The molecular formula is C24H27N3O3. The number of hydrazine groups is 1. The van der Waals surface area contributed by atoms with Crippen LogP contribution in [0.3, 0.4) is 0 Å². The molecule has 6 nitrogen and oxygen atoms in total. The second-order valence-electron chi connectivity index (χ2n) is 7.28. The van der Waals surface area contributed by atoms with Gasteiger partial charge in [-0.2, -0.15) is 0 Å². The van der Waals surface area contributed by atoms with E-state index in [1.807, 2.05) is 59.5 Å². The molecule has 2 aromatic rings. The summed E-state index contributed by atoms with van der Waals surface area (Å²) < 4.78 is 5.71. The number of amides is 2. The van der Waals surface area contributed by atoms with Gasteiger partial charge in [-0.15, -0.1) is 6.42 Å². The first-order valence-electron chi connectivity index (χ1n) is 10.2. The minimum Gasteiger partial charge on any atom is -0.483 e. The first-order chi connectivity index (χ1) is 14.7. The summed E-state index contributed by atoms with van der Waals surface area (Å²) in [6.45, 7) is 1.02. The van der Waals surface area contributed by atoms with E-state index in [-0.39, 0.29) is 18.6 Å². The maximum absolute atomic E-state index is 12.4. The second kappa shape index (κ2) is 11.0. The average Bonchev–Trinajstić information content (AvgIpc) is 2.78. The molecule has 0 aromatic heterocycles. The molecule has 2 amide bonds. The summed E-state index contributed by atoms with van der Waals surface area (Å²) in [6.07, 6.45) is 8.82. The third-order valence-corrected chi connectivity index (χ3v) is 5.10. The molecule has 1 aliphatic heterocycles. The van der Waals surface area contributed by atoms with Gasteiger partial charge in [0.25, 0.3) is 11.8 Å². The summed E-state index contributed by atoms with van der Waals surface area (Å²) in [7, 11) is 0. The summed E-state index contributed by atoms with van der Waals surface area (Å²) >= 11 is 0. The highest BCUT2D eigenvalue weighted by Gasteiger charge is 2.28. The van der Waals surface area contributed by atoms with Gasteiger partial charge < -0.3 is 4.74 Å². The van der Waals surface area contributed by atoms with E-state index in [1.54, 1.807) is 0 Å². The Bertz CT molecular complexity index is 892. The van der Waals surface area contributed by atoms with Crippen molar-refractivity contribution in [3.05, 3.63) is 65.7 Å². The van der Waals surface area contributed by atoms with Crippen molar-refractivity contribution < 1.29 is 14.3 Å². The number of likely N-dealkylation sites (tertiary alicyclic amines) is 1. The summed E-state index contributed by atoms with van der Waals surface area (Å²) in [6, 6.07) is 17.4. The Morgan fingerprint density at radius 3 is 2.63 bits per heavy atom. The smallest absolute Gasteiger partial charge is 0.276 e. The number of rotatable bonds is 7. The van der Waals surface area contributed by atoms with Crippen LogP contribution < -0.4 is 15.6 Å². The standard InChI is InChI=1S/C24H27N3O3/c1-2-15-27-16-9-8-13-21(27)24(29)26-25-23(28)18-30-22-14-7-6-12-20(22)17-19-10-4-3-5-11-19/h1,3-7,10-12,14,21H,8-9,13,15-18H2,(H,25,28)(H,26,29). The number of nitrogens with one attached hydrogen (secondary N) is 2. The fraction of sp³-hybridized carbons (Fsp3) is 0.333. The highest BCUT2D eigenvalue weighted by Crippen LogP contribution is 2.21. The Hall–Kier alpha value is -3.30. The van der Waals surface area contributed by atoms with E-state index in [2.05, 4.69) is 16.8 Å². The van der Waals surface area contributed by atoms with Crippen LogP contribution in [0.4, 0.5) is 0 Å². The van der Waals surface area contributed by atoms with Crippen molar-refractivity contribution in [1.29, 1.82) is 0 Å². The van der Waals surface area contributed by atoms with Crippen molar-refractivity contribution >= 4 is 11.8 Å². The molecular weight excluding hydrogens is 378 g/mol. The maximum Gasteiger partial charge on any atom is 0.276 e. The number of hydrogen-bond donors (Lipinski definition) is 2. The monoisotopic (exact) mass is 405 g/mol. The number of para-hydroxylation sites is 1. The minimum absolute atomic E-state index is 0.190. The first kappa shape index (κ1) is 21.4. The predicted octanol–water partition coefficient (Wildman–Crippen LogP) is 2.29. The van der Waals surface area contributed by atoms with Gasteiger partial charge in [-0.25, -0.2) is 0 Å². The number of piperidine rings is 1. The molecule has 1 fully saturated rings. The Kier molecular flexibility index (Phi) is 7.87.